The molecule has 2 N–H and O–H groups in total. The summed E-state index contributed by atoms with van der Waals surface area (Å²) in [6.07, 6.45) is 0.566. The summed E-state index contributed by atoms with van der Waals surface area (Å²) in [6, 6.07) is 3.97. The largest absolute Gasteiger partial charge is 0.339 e. The predicted molar refractivity (Wildman–Crippen MR) is 56.2 cm³/mol. The summed E-state index contributed by atoms with van der Waals surface area (Å²) in [5.41, 5.74) is 5.52. The van der Waals surface area contributed by atoms with Crippen LogP contribution < -0.4 is 5.73 Å². The molecular weight excluding hydrogens is 228 g/mol. The second-order valence-electron chi connectivity index (χ2n) is 3.53. The lowest BCUT2D eigenvalue weighted by molar-refractivity contribution is 0.377. The van der Waals surface area contributed by atoms with E-state index in [0.717, 1.165) is 6.07 Å². The van der Waals surface area contributed by atoms with Crippen LogP contribution >= 0.6 is 0 Å². The third-order valence-electron chi connectivity index (χ3n) is 2.25. The van der Waals surface area contributed by atoms with Crippen molar-refractivity contribution in [3.8, 4) is 0 Å². The first-order chi connectivity index (χ1) is 8.20. The summed E-state index contributed by atoms with van der Waals surface area (Å²) in [6.45, 7) is 0.410. The van der Waals surface area contributed by atoms with Crippen molar-refractivity contribution in [1.29, 1.82) is 0 Å². The molecule has 0 aliphatic heterocycles. The first kappa shape index (κ1) is 11.7. The number of hydrogen-bond donors (Lipinski definition) is 1. The van der Waals surface area contributed by atoms with E-state index in [1.807, 2.05) is 0 Å². The topological polar surface area (TPSA) is 64.9 Å². The van der Waals surface area contributed by atoms with Gasteiger partial charge in [-0.05, 0) is 12.6 Å². The molecule has 2 rings (SSSR count). The molecule has 0 saturated heterocycles. The summed E-state index contributed by atoms with van der Waals surface area (Å²) in [5.74, 6) is -1.05. The van der Waals surface area contributed by atoms with E-state index >= 15 is 0 Å². The van der Waals surface area contributed by atoms with E-state index in [1.54, 1.807) is 0 Å². The average Bonchev–Trinajstić information content (AvgIpc) is 2.73. The van der Waals surface area contributed by atoms with Crippen molar-refractivity contribution >= 4 is 0 Å². The Balaban J connectivity index is 2.16. The Kier molecular flexibility index (Phi) is 3.43. The Hall–Kier alpha value is -1.82. The summed E-state index contributed by atoms with van der Waals surface area (Å²) in [7, 11) is 0. The van der Waals surface area contributed by atoms with E-state index in [2.05, 4.69) is 10.1 Å². The van der Waals surface area contributed by atoms with Gasteiger partial charge in [0.05, 0.1) is 6.42 Å². The van der Waals surface area contributed by atoms with Crippen LogP contribution in [0.5, 0.6) is 0 Å². The van der Waals surface area contributed by atoms with E-state index in [9.17, 15) is 8.78 Å². The van der Waals surface area contributed by atoms with Gasteiger partial charge in [0.25, 0.3) is 0 Å². The van der Waals surface area contributed by atoms with Crippen LogP contribution in [0.4, 0.5) is 8.78 Å². The maximum absolute atomic E-state index is 13.4. The first-order valence-corrected chi connectivity index (χ1v) is 5.15. The molecule has 2 aromatic rings. The Morgan fingerprint density at radius 2 is 2.12 bits per heavy atom. The molecule has 0 spiro atoms. The Morgan fingerprint density at radius 3 is 2.88 bits per heavy atom. The second kappa shape index (κ2) is 5.01. The third kappa shape index (κ3) is 2.65. The smallest absolute Gasteiger partial charge is 0.231 e. The summed E-state index contributed by atoms with van der Waals surface area (Å²) in [4.78, 5) is 4.02. The predicted octanol–water partition coefficient (Wildman–Crippen LogP) is 1.44. The quantitative estimate of drug-likeness (QED) is 0.876. The number of nitrogens with zero attached hydrogens (tertiary/aromatic N) is 2. The molecule has 0 radical (unpaired) electrons. The van der Waals surface area contributed by atoms with Gasteiger partial charge >= 0.3 is 0 Å². The molecule has 4 nitrogen and oxygen atoms in total. The maximum atomic E-state index is 13.4. The standard InChI is InChI=1S/C11H11F2N3O/c12-8-3-1-2-7(11(8)13)6-10-15-9(4-5-14)16-17-10/h1-3H,4-6,14H2. The van der Waals surface area contributed by atoms with Crippen LogP contribution in [0.3, 0.4) is 0 Å². The number of aromatic nitrogens is 2. The van der Waals surface area contributed by atoms with Crippen LogP contribution in [0.2, 0.25) is 0 Å². The molecule has 1 aromatic heterocycles. The molecule has 90 valence electrons. The molecule has 0 saturated carbocycles. The maximum Gasteiger partial charge on any atom is 0.231 e. The van der Waals surface area contributed by atoms with Gasteiger partial charge in [-0.25, -0.2) is 8.78 Å². The first-order valence-electron chi connectivity index (χ1n) is 5.15. The van der Waals surface area contributed by atoms with Crippen molar-refractivity contribution in [2.45, 2.75) is 12.8 Å². The molecule has 17 heavy (non-hydrogen) atoms. The zero-order valence-electron chi connectivity index (χ0n) is 8.99. The minimum atomic E-state index is -0.885. The highest BCUT2D eigenvalue weighted by Crippen LogP contribution is 2.14. The Morgan fingerprint density at radius 1 is 1.29 bits per heavy atom. The molecule has 0 unspecified atom stereocenters. The van der Waals surface area contributed by atoms with E-state index in [-0.39, 0.29) is 17.9 Å². The van der Waals surface area contributed by atoms with Crippen LogP contribution in [0, 0.1) is 11.6 Å². The van der Waals surface area contributed by atoms with E-state index in [0.29, 0.717) is 18.8 Å². The van der Waals surface area contributed by atoms with Crippen molar-refractivity contribution < 1.29 is 13.3 Å². The van der Waals surface area contributed by atoms with E-state index < -0.39 is 11.6 Å². The fraction of sp³-hybridized carbons (Fsp3) is 0.273. The number of hydrogen-bond acceptors (Lipinski definition) is 4. The average molecular weight is 239 g/mol. The molecule has 1 heterocycles. The van der Waals surface area contributed by atoms with Crippen LogP contribution in [0.25, 0.3) is 0 Å². The van der Waals surface area contributed by atoms with Crippen LogP contribution in [-0.2, 0) is 12.8 Å². The zero-order valence-corrected chi connectivity index (χ0v) is 8.99. The molecule has 0 atom stereocenters. The number of rotatable bonds is 4. The minimum absolute atomic E-state index is 0.0706. The van der Waals surface area contributed by atoms with Gasteiger partial charge in [-0.1, -0.05) is 17.3 Å². The van der Waals surface area contributed by atoms with Crippen LogP contribution in [-0.4, -0.2) is 16.7 Å². The highest BCUT2D eigenvalue weighted by atomic mass is 19.2. The number of nitrogens with two attached hydrogens (primary N) is 1. The van der Waals surface area contributed by atoms with E-state index in [4.69, 9.17) is 10.3 Å². The normalized spacial score (nSPS) is 10.8. The van der Waals surface area contributed by atoms with Crippen molar-refractivity contribution in [2.75, 3.05) is 6.54 Å². The van der Waals surface area contributed by atoms with Gasteiger partial charge in [0, 0.05) is 12.0 Å². The molecule has 1 aromatic carbocycles. The van der Waals surface area contributed by atoms with Gasteiger partial charge in [-0.3, -0.25) is 0 Å². The van der Waals surface area contributed by atoms with Gasteiger partial charge in [-0.15, -0.1) is 0 Å². The summed E-state index contributed by atoms with van der Waals surface area (Å²) < 4.78 is 31.2. The molecule has 0 bridgehead atoms. The highest BCUT2D eigenvalue weighted by molar-refractivity contribution is 5.21. The Labute approximate surface area is 96.4 Å². The van der Waals surface area contributed by atoms with Crippen molar-refractivity contribution in [2.24, 2.45) is 5.73 Å². The van der Waals surface area contributed by atoms with Crippen molar-refractivity contribution in [3.05, 3.63) is 47.1 Å². The molecule has 0 amide bonds. The van der Waals surface area contributed by atoms with Crippen molar-refractivity contribution in [3.63, 3.8) is 0 Å². The fourth-order valence-electron chi connectivity index (χ4n) is 1.44. The molecule has 0 aliphatic rings. The van der Waals surface area contributed by atoms with E-state index in [1.165, 1.54) is 12.1 Å². The van der Waals surface area contributed by atoms with Crippen LogP contribution in [0.15, 0.2) is 22.7 Å². The lowest BCUT2D eigenvalue weighted by atomic mass is 10.1. The van der Waals surface area contributed by atoms with Gasteiger partial charge in [-0.2, -0.15) is 4.98 Å². The third-order valence-corrected chi connectivity index (χ3v) is 2.25. The Bertz CT molecular complexity index is 513. The summed E-state index contributed by atoms with van der Waals surface area (Å²) in [5, 5.41) is 3.67. The van der Waals surface area contributed by atoms with Gasteiger partial charge in [0.2, 0.25) is 5.89 Å². The SMILES string of the molecule is NCCc1noc(Cc2cccc(F)c2F)n1. The molecular formula is C11H11F2N3O. The number of benzene rings is 1. The van der Waals surface area contributed by atoms with Crippen molar-refractivity contribution in [1.82, 2.24) is 10.1 Å². The van der Waals surface area contributed by atoms with Gasteiger partial charge in [0.15, 0.2) is 17.5 Å². The molecule has 0 fully saturated rings. The molecule has 0 aliphatic carbocycles. The van der Waals surface area contributed by atoms with Gasteiger partial charge < -0.3 is 10.3 Å². The monoisotopic (exact) mass is 239 g/mol. The van der Waals surface area contributed by atoms with Gasteiger partial charge in [0.1, 0.15) is 0 Å². The fourth-order valence-corrected chi connectivity index (χ4v) is 1.44. The lowest BCUT2D eigenvalue weighted by Crippen LogP contribution is -2.04. The number of halogens is 2. The summed E-state index contributed by atoms with van der Waals surface area (Å²) >= 11 is 0. The second-order valence-corrected chi connectivity index (χ2v) is 3.53. The molecule has 6 heteroatoms. The van der Waals surface area contributed by atoms with Crippen LogP contribution in [0.1, 0.15) is 17.3 Å². The highest BCUT2D eigenvalue weighted by Gasteiger charge is 2.12. The zero-order chi connectivity index (χ0) is 12.3. The minimum Gasteiger partial charge on any atom is -0.339 e. The lowest BCUT2D eigenvalue weighted by Gasteiger charge is -1.99.